The highest BCUT2D eigenvalue weighted by atomic mass is 19.4. The van der Waals surface area contributed by atoms with Gasteiger partial charge in [0.15, 0.2) is 0 Å². The zero-order valence-corrected chi connectivity index (χ0v) is 35.8. The Labute approximate surface area is 383 Å². The van der Waals surface area contributed by atoms with Crippen molar-refractivity contribution in [2.24, 2.45) is 0 Å². The number of hydrogen-bond donors (Lipinski definition) is 0. The molecule has 6 heteroatoms. The minimum absolute atomic E-state index is 0.0758. The van der Waals surface area contributed by atoms with E-state index < -0.39 is 17.6 Å². The first-order valence-electron chi connectivity index (χ1n) is 22.2. The molecule has 0 spiro atoms. The van der Waals surface area contributed by atoms with E-state index in [1.165, 1.54) is 12.1 Å². The van der Waals surface area contributed by atoms with Crippen LogP contribution in [-0.4, -0.2) is 9.13 Å². The Balaban J connectivity index is 1.26. The monoisotopic (exact) mass is 874 g/mol. The number of aromatic nitrogens is 2. The highest BCUT2D eigenvalue weighted by molar-refractivity contribution is 6.13. The van der Waals surface area contributed by atoms with Crippen LogP contribution in [-0.2, 0) is 6.18 Å². The summed E-state index contributed by atoms with van der Waals surface area (Å²) in [5.74, 6) is -0.491. The normalized spacial score (nSPS) is 11.9. The van der Waals surface area contributed by atoms with E-state index >= 15 is 17.6 Å². The summed E-state index contributed by atoms with van der Waals surface area (Å²) in [4.78, 5) is 0. The van der Waals surface area contributed by atoms with Crippen molar-refractivity contribution in [1.29, 1.82) is 0 Å². The quantitative estimate of drug-likeness (QED) is 0.141. The van der Waals surface area contributed by atoms with Crippen molar-refractivity contribution in [3.63, 3.8) is 0 Å². The van der Waals surface area contributed by atoms with Crippen LogP contribution < -0.4 is 0 Å². The van der Waals surface area contributed by atoms with E-state index in [-0.39, 0.29) is 11.4 Å². The Bertz CT molecular complexity index is 3420. The summed E-state index contributed by atoms with van der Waals surface area (Å²) in [7, 11) is 0. The summed E-state index contributed by atoms with van der Waals surface area (Å²) in [6.45, 7) is 0. The van der Waals surface area contributed by atoms with Crippen LogP contribution >= 0.6 is 0 Å². The molecule has 67 heavy (non-hydrogen) atoms. The van der Waals surface area contributed by atoms with Crippen LogP contribution in [0.2, 0.25) is 0 Å². The largest absolute Gasteiger partial charge is 0.420 e. The van der Waals surface area contributed by atoms with Crippen molar-refractivity contribution >= 4 is 43.6 Å². The SMILES string of the molecule is Fc1cccc(-c2cc(-n3c4cc(-c5ccccc5)ccc4c4ccc(-c5ccccc5)cc43)c(C(F)(F)F)c(-n3c4cc(-c5ccccc5)ccc4c4ccc(-c5ccccc5)cc43)c2)c1. The van der Waals surface area contributed by atoms with Crippen molar-refractivity contribution in [2.75, 3.05) is 0 Å². The van der Waals surface area contributed by atoms with E-state index in [0.717, 1.165) is 66.1 Å². The summed E-state index contributed by atoms with van der Waals surface area (Å²) in [5.41, 5.74) is 9.51. The number of fused-ring (bicyclic) bond motifs is 6. The first kappa shape index (κ1) is 40.1. The number of nitrogens with zero attached hydrogens (tertiary/aromatic N) is 2. The number of rotatable bonds is 7. The smallest absolute Gasteiger partial charge is 0.308 e. The zero-order valence-electron chi connectivity index (χ0n) is 35.8. The molecule has 2 heterocycles. The molecule has 0 amide bonds. The van der Waals surface area contributed by atoms with Crippen molar-refractivity contribution < 1.29 is 17.6 Å². The predicted octanol–water partition coefficient (Wildman–Crippen LogP) is 17.4. The lowest BCUT2D eigenvalue weighted by Crippen LogP contribution is -2.16. The first-order chi connectivity index (χ1) is 32.8. The summed E-state index contributed by atoms with van der Waals surface area (Å²) in [6.07, 6.45) is -4.89. The Morgan fingerprint density at radius 2 is 0.567 bits per heavy atom. The zero-order chi connectivity index (χ0) is 45.2. The van der Waals surface area contributed by atoms with Crippen LogP contribution in [0, 0.1) is 5.82 Å². The molecule has 0 saturated heterocycles. The molecule has 0 fully saturated rings. The number of halogens is 4. The maximum atomic E-state index is 17.0. The Morgan fingerprint density at radius 1 is 0.269 bits per heavy atom. The van der Waals surface area contributed by atoms with Gasteiger partial charge in [-0.3, -0.25) is 0 Å². The second-order valence-electron chi connectivity index (χ2n) is 17.0. The highest BCUT2D eigenvalue weighted by Crippen LogP contribution is 2.48. The molecule has 0 saturated carbocycles. The summed E-state index contributed by atoms with van der Waals surface area (Å²) in [6, 6.07) is 72.7. The highest BCUT2D eigenvalue weighted by Gasteiger charge is 2.40. The van der Waals surface area contributed by atoms with Gasteiger partial charge in [0.25, 0.3) is 0 Å². The molecule has 0 bridgehead atoms. The van der Waals surface area contributed by atoms with E-state index in [9.17, 15) is 0 Å². The van der Waals surface area contributed by atoms with Gasteiger partial charge >= 0.3 is 6.18 Å². The predicted molar refractivity (Wildman–Crippen MR) is 267 cm³/mol. The van der Waals surface area contributed by atoms with Gasteiger partial charge in [-0.1, -0.05) is 182 Å². The van der Waals surface area contributed by atoms with Gasteiger partial charge in [0.05, 0.1) is 33.4 Å². The minimum atomic E-state index is -4.89. The third-order valence-corrected chi connectivity index (χ3v) is 13.0. The lowest BCUT2D eigenvalue weighted by atomic mass is 9.98. The molecule has 10 aromatic carbocycles. The van der Waals surface area contributed by atoms with E-state index in [1.807, 2.05) is 194 Å². The average molecular weight is 875 g/mol. The Hall–Kier alpha value is -8.48. The van der Waals surface area contributed by atoms with Gasteiger partial charge in [-0.2, -0.15) is 13.2 Å². The van der Waals surface area contributed by atoms with E-state index in [0.29, 0.717) is 33.2 Å². The maximum Gasteiger partial charge on any atom is 0.420 e. The standard InChI is InChI=1S/C61H38F4N2/c62-49-23-13-22-43(32-49)48-37-58(66-54-33-44(39-14-5-1-6-15-39)24-28-50(54)51-29-25-45(34-55(51)66)40-16-7-2-8-17-40)60(61(63,64)65)59(38-48)67-56-35-46(41-18-9-3-10-19-41)26-30-52(56)53-31-27-47(36-57(53)67)42-20-11-4-12-21-42/h1-38H. The number of hydrogen-bond acceptors (Lipinski definition) is 0. The van der Waals surface area contributed by atoms with Crippen LogP contribution in [0.4, 0.5) is 17.6 Å². The van der Waals surface area contributed by atoms with Gasteiger partial charge in [-0.25, -0.2) is 4.39 Å². The molecular weight excluding hydrogens is 837 g/mol. The lowest BCUT2D eigenvalue weighted by molar-refractivity contribution is -0.137. The van der Waals surface area contributed by atoms with Crippen LogP contribution in [0.3, 0.4) is 0 Å². The van der Waals surface area contributed by atoms with Gasteiger partial charge in [0, 0.05) is 21.5 Å². The molecule has 0 N–H and O–H groups in total. The van der Waals surface area contributed by atoms with Gasteiger partial charge in [-0.15, -0.1) is 0 Å². The summed E-state index contributed by atoms with van der Waals surface area (Å²) < 4.78 is 69.8. The maximum absolute atomic E-state index is 17.0. The Morgan fingerprint density at radius 3 is 0.866 bits per heavy atom. The fourth-order valence-electron chi connectivity index (χ4n) is 9.89. The van der Waals surface area contributed by atoms with Gasteiger partial charge in [0.1, 0.15) is 11.4 Å². The van der Waals surface area contributed by atoms with Crippen LogP contribution in [0.5, 0.6) is 0 Å². The lowest BCUT2D eigenvalue weighted by Gasteiger charge is -2.23. The third-order valence-electron chi connectivity index (χ3n) is 13.0. The van der Waals surface area contributed by atoms with Crippen molar-refractivity contribution in [2.45, 2.75) is 6.18 Å². The van der Waals surface area contributed by atoms with Gasteiger partial charge < -0.3 is 9.13 Å². The molecule has 0 unspecified atom stereocenters. The molecule has 0 radical (unpaired) electrons. The number of benzene rings is 10. The molecule has 12 rings (SSSR count). The fraction of sp³-hybridized carbons (Fsp3) is 0.0164. The van der Waals surface area contributed by atoms with E-state index in [1.54, 1.807) is 33.4 Å². The molecule has 12 aromatic rings. The van der Waals surface area contributed by atoms with Crippen molar-refractivity contribution in [1.82, 2.24) is 9.13 Å². The van der Waals surface area contributed by atoms with Gasteiger partial charge in [0.2, 0.25) is 0 Å². The number of alkyl halides is 3. The second kappa shape index (κ2) is 15.9. The third kappa shape index (κ3) is 6.97. The van der Waals surface area contributed by atoms with Crippen molar-refractivity contribution in [3.8, 4) is 67.0 Å². The molecule has 0 atom stereocenters. The van der Waals surface area contributed by atoms with Crippen LogP contribution in [0.25, 0.3) is 111 Å². The molecule has 0 aliphatic heterocycles. The van der Waals surface area contributed by atoms with E-state index in [2.05, 4.69) is 0 Å². The summed E-state index contributed by atoms with van der Waals surface area (Å²) in [5, 5.41) is 3.21. The molecule has 2 aromatic heterocycles. The molecule has 320 valence electrons. The molecule has 2 nitrogen and oxygen atoms in total. The summed E-state index contributed by atoms with van der Waals surface area (Å²) >= 11 is 0. The average Bonchev–Trinajstić information content (AvgIpc) is 3.87. The molecule has 0 aliphatic rings. The molecule has 0 aliphatic carbocycles. The van der Waals surface area contributed by atoms with E-state index in [4.69, 9.17) is 0 Å². The Kier molecular flexibility index (Phi) is 9.50. The second-order valence-corrected chi connectivity index (χ2v) is 17.0. The van der Waals surface area contributed by atoms with Crippen molar-refractivity contribution in [3.05, 3.63) is 242 Å². The fourth-order valence-corrected chi connectivity index (χ4v) is 9.89. The minimum Gasteiger partial charge on any atom is -0.308 e. The first-order valence-corrected chi connectivity index (χ1v) is 22.2. The van der Waals surface area contributed by atoms with Gasteiger partial charge in [-0.05, 0) is 104 Å². The van der Waals surface area contributed by atoms with Crippen LogP contribution in [0.15, 0.2) is 231 Å². The topological polar surface area (TPSA) is 9.86 Å². The van der Waals surface area contributed by atoms with Crippen LogP contribution in [0.1, 0.15) is 5.56 Å². The molecular formula is C61H38F4N2.